The Morgan fingerprint density at radius 2 is 0.794 bits per heavy atom. The van der Waals surface area contributed by atoms with Gasteiger partial charge in [-0.1, -0.05) is 162 Å². The fourth-order valence-corrected chi connectivity index (χ4v) is 10.2. The van der Waals surface area contributed by atoms with Crippen LogP contribution in [0.25, 0.3) is 0 Å². The van der Waals surface area contributed by atoms with Crippen molar-refractivity contribution in [3.8, 4) is 0 Å². The highest BCUT2D eigenvalue weighted by atomic mass is 31.2. The van der Waals surface area contributed by atoms with Crippen LogP contribution in [0.5, 0.6) is 0 Å². The van der Waals surface area contributed by atoms with Gasteiger partial charge in [0.05, 0.1) is 6.61 Å². The number of carbonyl (C=O) groups excluding carboxylic acids is 3. The Morgan fingerprint density at radius 1 is 0.426 bits per heavy atom. The number of carbonyl (C=O) groups is 3. The first kappa shape index (κ1) is 64.8. The van der Waals surface area contributed by atoms with Crippen molar-refractivity contribution in [1.82, 2.24) is 0 Å². The van der Waals surface area contributed by atoms with Gasteiger partial charge in [0.25, 0.3) is 0 Å². The molecule has 0 aliphatic heterocycles. The molecule has 0 aromatic carbocycles. The molecule has 0 aromatic heterocycles. The summed E-state index contributed by atoms with van der Waals surface area (Å²) in [5, 5.41) is 31.9. The highest BCUT2D eigenvalue weighted by Crippen LogP contribution is 2.51. The van der Waals surface area contributed by atoms with Crippen LogP contribution in [0, 0.1) is 0 Å². The van der Waals surface area contributed by atoms with E-state index in [1.807, 2.05) is 6.92 Å². The first-order valence-corrected chi connectivity index (χ1v) is 29.8. The molecule has 8 atom stereocenters. The van der Waals surface area contributed by atoms with Gasteiger partial charge in [-0.05, 0) is 25.7 Å². The van der Waals surface area contributed by atoms with Crippen molar-refractivity contribution < 1.29 is 95.4 Å². The summed E-state index contributed by atoms with van der Waals surface area (Å²) in [6, 6.07) is 0. The molecule has 0 bridgehead atoms. The first-order valence-electron chi connectivity index (χ1n) is 25.2. The van der Waals surface area contributed by atoms with Gasteiger partial charge in [-0.3, -0.25) is 32.5 Å². The Kier molecular flexibility index (Phi) is 35.8. The van der Waals surface area contributed by atoms with E-state index >= 15 is 0 Å². The molecule has 8 N–H and O–H groups in total. The summed E-state index contributed by atoms with van der Waals surface area (Å²) < 4.78 is 65.5. The summed E-state index contributed by atoms with van der Waals surface area (Å²) in [7, 11) is -16.6. The zero-order chi connectivity index (χ0) is 50.9. The number of Topliss-reactive ketones (excluding diaryl/α,β-unsaturated/α-hetero) is 1. The fraction of sp³-hybridized carbons (Fsp3) is 0.933. The van der Waals surface area contributed by atoms with Crippen molar-refractivity contribution in [2.24, 2.45) is 0 Å². The molecule has 1 aliphatic carbocycles. The summed E-state index contributed by atoms with van der Waals surface area (Å²) in [6.07, 6.45) is 13.8. The molecule has 1 fully saturated rings. The average Bonchev–Trinajstić information content (AvgIpc) is 3.26. The normalized spacial score (nSPS) is 21.3. The summed E-state index contributed by atoms with van der Waals surface area (Å²) in [4.78, 5) is 84.9. The Labute approximate surface area is 404 Å². The molecule has 402 valence electrons. The third-order valence-electron chi connectivity index (χ3n) is 11.8. The number of aliphatic hydroxyl groups excluding tert-OH is 3. The highest BCUT2D eigenvalue weighted by molar-refractivity contribution is 7.47. The minimum Gasteiger partial charge on any atom is -0.462 e. The van der Waals surface area contributed by atoms with Crippen molar-refractivity contribution in [2.75, 3.05) is 13.2 Å². The topological polar surface area (TPSA) is 320 Å². The lowest BCUT2D eigenvalue weighted by atomic mass is 9.85. The van der Waals surface area contributed by atoms with Crippen LogP contribution in [0.15, 0.2) is 0 Å². The Hall–Kier alpha value is -1.18. The van der Waals surface area contributed by atoms with Gasteiger partial charge in [0.2, 0.25) is 0 Å². The van der Waals surface area contributed by atoms with Gasteiger partial charge in [-0.25, -0.2) is 13.7 Å². The molecule has 4 unspecified atom stereocenters. The molecular weight excluding hydrogens is 953 g/mol. The average molecular weight is 1040 g/mol. The summed E-state index contributed by atoms with van der Waals surface area (Å²) in [6.45, 7) is 2.73. The van der Waals surface area contributed by atoms with E-state index in [9.17, 15) is 67.9 Å². The number of rotatable bonds is 44. The molecule has 0 amide bonds. The maximum Gasteiger partial charge on any atom is 0.472 e. The van der Waals surface area contributed by atoms with Gasteiger partial charge in [0, 0.05) is 25.7 Å². The van der Waals surface area contributed by atoms with E-state index in [4.69, 9.17) is 18.5 Å². The monoisotopic (exact) mass is 1040 g/mol. The van der Waals surface area contributed by atoms with E-state index in [2.05, 4.69) is 16.0 Å². The summed E-state index contributed by atoms with van der Waals surface area (Å²) in [5.41, 5.74) is 0. The van der Waals surface area contributed by atoms with E-state index in [-0.39, 0.29) is 12.8 Å². The zero-order valence-electron chi connectivity index (χ0n) is 40.7. The number of esters is 2. The lowest BCUT2D eigenvalue weighted by Gasteiger charge is -2.44. The lowest BCUT2D eigenvalue weighted by Crippen LogP contribution is -2.65. The molecule has 0 aromatic rings. The lowest BCUT2D eigenvalue weighted by molar-refractivity contribution is -0.213. The molecule has 0 spiro atoms. The molecule has 0 saturated heterocycles. The van der Waals surface area contributed by atoms with Crippen molar-refractivity contribution >= 4 is 41.2 Å². The number of hydrogen-bond donors (Lipinski definition) is 8. The number of phosphoric ester groups is 3. The van der Waals surface area contributed by atoms with Crippen LogP contribution in [-0.4, -0.2) is 113 Å². The van der Waals surface area contributed by atoms with E-state index in [0.29, 0.717) is 31.5 Å². The van der Waals surface area contributed by atoms with Crippen molar-refractivity contribution in [3.63, 3.8) is 0 Å². The van der Waals surface area contributed by atoms with Crippen molar-refractivity contribution in [1.29, 1.82) is 0 Å². The molecule has 1 aliphatic rings. The molecular formula is C45H87O20P3. The van der Waals surface area contributed by atoms with Crippen LogP contribution in [0.4, 0.5) is 0 Å². The maximum absolute atomic E-state index is 13.1. The Bertz CT molecular complexity index is 1490. The van der Waals surface area contributed by atoms with E-state index < -0.39 is 91.3 Å². The summed E-state index contributed by atoms with van der Waals surface area (Å²) in [5.74, 6) is -0.939. The van der Waals surface area contributed by atoms with Gasteiger partial charge in [0.15, 0.2) is 6.10 Å². The van der Waals surface area contributed by atoms with Crippen LogP contribution < -0.4 is 0 Å². The number of ether oxygens (including phenoxy) is 2. The summed E-state index contributed by atoms with van der Waals surface area (Å²) >= 11 is 0. The van der Waals surface area contributed by atoms with Crippen LogP contribution in [0.1, 0.15) is 213 Å². The third-order valence-corrected chi connectivity index (χ3v) is 13.8. The molecule has 20 nitrogen and oxygen atoms in total. The van der Waals surface area contributed by atoms with E-state index in [1.165, 1.54) is 77.0 Å². The standard InChI is InChI=1S/C45H87O20P3/c1-3-5-6-7-8-9-10-12-17-20-23-26-29-33-39(48)62-37(34-60-38(47)32-28-25-22-19-16-14-11-13-15-18-21-24-27-31-36(46)30-4-2)35-61-68(58,59)65-43-40(49)41(50)44(63-66(52,53)54)45(42(43)51)64-67(55,56)57/h37,40-45,49-51H,3-35H2,1-2H3,(H,58,59)(H2,52,53,54)(H2,55,56,57)/t37-,40?,41-,42+,43?,44?,45+/m1/s1. The van der Waals surface area contributed by atoms with Gasteiger partial charge in [-0.2, -0.15) is 0 Å². The van der Waals surface area contributed by atoms with Crippen molar-refractivity contribution in [2.45, 2.75) is 256 Å². The molecule has 1 saturated carbocycles. The largest absolute Gasteiger partial charge is 0.472 e. The van der Waals surface area contributed by atoms with Crippen LogP contribution >= 0.6 is 23.5 Å². The smallest absolute Gasteiger partial charge is 0.462 e. The highest BCUT2D eigenvalue weighted by Gasteiger charge is 2.56. The van der Waals surface area contributed by atoms with Crippen LogP contribution in [-0.2, 0) is 55.6 Å². The second-order valence-electron chi connectivity index (χ2n) is 18.1. The molecule has 68 heavy (non-hydrogen) atoms. The predicted molar refractivity (Wildman–Crippen MR) is 253 cm³/mol. The van der Waals surface area contributed by atoms with E-state index in [0.717, 1.165) is 83.5 Å². The second-order valence-corrected chi connectivity index (χ2v) is 21.9. The van der Waals surface area contributed by atoms with Gasteiger partial charge < -0.3 is 49.3 Å². The first-order chi connectivity index (χ1) is 32.2. The third kappa shape index (κ3) is 33.5. The second kappa shape index (κ2) is 37.5. The van der Waals surface area contributed by atoms with Gasteiger partial charge in [0.1, 0.15) is 49.0 Å². The van der Waals surface area contributed by atoms with Crippen LogP contribution in [0.2, 0.25) is 0 Å². The number of unbranched alkanes of at least 4 members (excludes halogenated alkanes) is 24. The molecule has 0 radical (unpaired) electrons. The Balaban J connectivity index is 2.67. The molecule has 23 heteroatoms. The molecule has 0 heterocycles. The van der Waals surface area contributed by atoms with Crippen molar-refractivity contribution in [3.05, 3.63) is 0 Å². The SMILES string of the molecule is CCCCCCCCCCCCCCCC(=O)O[C@H](COC(=O)CCCCCCCCCCCCCCCC(=O)CCC)COP(=O)(O)OC1C(O)[C@@H](O)C(OP(=O)(O)O)[C@@H](OP(=O)(O)O)[C@H]1O. The number of hydrogen-bond acceptors (Lipinski definition) is 15. The Morgan fingerprint density at radius 3 is 1.21 bits per heavy atom. The number of aliphatic hydroxyl groups is 3. The minimum absolute atomic E-state index is 0.00401. The van der Waals surface area contributed by atoms with Gasteiger partial charge >= 0.3 is 35.4 Å². The predicted octanol–water partition coefficient (Wildman–Crippen LogP) is 8.70. The minimum atomic E-state index is -5.60. The van der Waals surface area contributed by atoms with E-state index in [1.54, 1.807) is 0 Å². The van der Waals surface area contributed by atoms with Crippen LogP contribution in [0.3, 0.4) is 0 Å². The fourth-order valence-electron chi connectivity index (χ4n) is 8.06. The number of ketones is 1. The quantitative estimate of drug-likeness (QED) is 0.0161. The maximum atomic E-state index is 13.1. The molecule has 1 rings (SSSR count). The van der Waals surface area contributed by atoms with Gasteiger partial charge in [-0.15, -0.1) is 0 Å². The zero-order valence-corrected chi connectivity index (χ0v) is 43.4. The number of phosphoric acid groups is 3.